The monoisotopic (exact) mass is 499 g/mol. The molecule has 2 aliphatic rings. The van der Waals surface area contributed by atoms with Gasteiger partial charge in [0.2, 0.25) is 5.37 Å². The molecule has 0 spiro atoms. The van der Waals surface area contributed by atoms with Gasteiger partial charge in [-0.15, -0.1) is 0 Å². The van der Waals surface area contributed by atoms with Crippen molar-refractivity contribution >= 4 is 49.8 Å². The van der Waals surface area contributed by atoms with Crippen molar-refractivity contribution in [3.63, 3.8) is 0 Å². The molecule has 0 amide bonds. The van der Waals surface area contributed by atoms with E-state index in [0.29, 0.717) is 52.4 Å². The van der Waals surface area contributed by atoms with E-state index in [2.05, 4.69) is 4.90 Å². The quantitative estimate of drug-likeness (QED) is 0.125. The number of hydrogen-bond acceptors (Lipinski definition) is 9. The Kier molecular flexibility index (Phi) is 12.3. The topological polar surface area (TPSA) is 159 Å². The minimum absolute atomic E-state index is 0. The molecule has 180 valence electrons. The van der Waals surface area contributed by atoms with E-state index >= 15 is 0 Å². The van der Waals surface area contributed by atoms with Gasteiger partial charge in [0.05, 0.1) is 39.4 Å². The molecule has 1 unspecified atom stereocenters. The third-order valence-electron chi connectivity index (χ3n) is 6.18. The number of quaternary nitrogens is 1. The molecule has 0 bridgehead atoms. The van der Waals surface area contributed by atoms with Crippen LogP contribution in [0.1, 0.15) is 0 Å². The van der Waals surface area contributed by atoms with Gasteiger partial charge in [-0.05, 0) is 0 Å². The molecule has 0 saturated carbocycles. The van der Waals surface area contributed by atoms with Gasteiger partial charge < -0.3 is 14.7 Å². The Morgan fingerprint density at radius 1 is 0.774 bits per heavy atom. The first-order valence-corrected chi connectivity index (χ1v) is 13.3. The molecule has 31 heavy (non-hydrogen) atoms. The molecule has 0 aromatic heterocycles. The van der Waals surface area contributed by atoms with Gasteiger partial charge >= 0.3 is 39.7 Å². The predicted octanol–water partition coefficient (Wildman–Crippen LogP) is -3.83. The Hall–Kier alpha value is 0.580. The fraction of sp³-hybridized carbons (Fsp3) is 1.00. The van der Waals surface area contributed by atoms with Gasteiger partial charge in [0, 0.05) is 52.4 Å². The summed E-state index contributed by atoms with van der Waals surface area (Å²) in [5.41, 5.74) is 0. The van der Waals surface area contributed by atoms with Crippen LogP contribution in [-0.2, 0) is 20.2 Å². The van der Waals surface area contributed by atoms with E-state index in [0.717, 1.165) is 0 Å². The van der Waals surface area contributed by atoms with Gasteiger partial charge in [-0.1, -0.05) is 0 Å². The summed E-state index contributed by atoms with van der Waals surface area (Å²) in [6.45, 7) is 4.84. The van der Waals surface area contributed by atoms with Crippen LogP contribution in [-0.4, -0.2) is 188 Å². The van der Waals surface area contributed by atoms with Gasteiger partial charge in [-0.25, -0.2) is 0 Å². The van der Waals surface area contributed by atoms with E-state index in [-0.39, 0.29) is 73.4 Å². The Morgan fingerprint density at radius 2 is 1.23 bits per heavy atom. The molecular formula is C16H36N4NaO8S2+. The average Bonchev–Trinajstić information content (AvgIpc) is 2.66. The molecular weight excluding hydrogens is 463 g/mol. The Balaban J connectivity index is 0.00000480. The maximum atomic E-state index is 12.4. The average molecular weight is 500 g/mol. The summed E-state index contributed by atoms with van der Waals surface area (Å²) in [6, 6.07) is 0. The van der Waals surface area contributed by atoms with Crippen LogP contribution in [0.4, 0.5) is 0 Å². The second kappa shape index (κ2) is 12.9. The van der Waals surface area contributed by atoms with E-state index in [1.807, 2.05) is 9.80 Å². The van der Waals surface area contributed by atoms with Crippen molar-refractivity contribution in [1.29, 1.82) is 0 Å². The van der Waals surface area contributed by atoms with Gasteiger partial charge in [0.25, 0.3) is 10.1 Å². The number of hydrogen-bond donors (Lipinski definition) is 4. The number of aliphatic hydroxyl groups excluding tert-OH is 2. The molecule has 2 saturated heterocycles. The molecule has 2 heterocycles. The Bertz CT molecular complexity index is 739. The first-order valence-electron chi connectivity index (χ1n) is 10.1. The van der Waals surface area contributed by atoms with Crippen molar-refractivity contribution in [2.75, 3.05) is 97.5 Å². The van der Waals surface area contributed by atoms with Gasteiger partial charge in [0.15, 0.2) is 0 Å². The Morgan fingerprint density at radius 3 is 1.65 bits per heavy atom. The Labute approximate surface area is 207 Å². The fourth-order valence-corrected chi connectivity index (χ4v) is 6.21. The normalized spacial score (nSPS) is 22.7. The van der Waals surface area contributed by atoms with Crippen LogP contribution in [0, 0.1) is 0 Å². The molecule has 2 aliphatic heterocycles. The third kappa shape index (κ3) is 9.39. The fourth-order valence-electron chi connectivity index (χ4n) is 4.33. The van der Waals surface area contributed by atoms with Gasteiger partial charge in [0.1, 0.15) is 5.75 Å². The zero-order valence-electron chi connectivity index (χ0n) is 17.2. The van der Waals surface area contributed by atoms with Crippen LogP contribution in [0.2, 0.25) is 0 Å². The summed E-state index contributed by atoms with van der Waals surface area (Å²) >= 11 is 0. The van der Waals surface area contributed by atoms with Crippen LogP contribution in [0.3, 0.4) is 0 Å². The molecule has 4 N–H and O–H groups in total. The van der Waals surface area contributed by atoms with Gasteiger partial charge in [-0.2, -0.15) is 16.8 Å². The van der Waals surface area contributed by atoms with Crippen molar-refractivity contribution in [3.8, 4) is 0 Å². The zero-order chi connectivity index (χ0) is 22.4. The summed E-state index contributed by atoms with van der Waals surface area (Å²) in [5, 5.41) is 17.0. The van der Waals surface area contributed by atoms with Crippen molar-refractivity contribution in [2.24, 2.45) is 0 Å². The minimum atomic E-state index is -4.51. The van der Waals surface area contributed by atoms with Crippen LogP contribution < -0.4 is 0 Å². The first kappa shape index (κ1) is 29.6. The molecule has 0 aromatic rings. The van der Waals surface area contributed by atoms with Crippen molar-refractivity contribution in [2.45, 2.75) is 5.37 Å². The molecule has 0 radical (unpaired) electrons. The standard InChI is InChI=1S/C16H34N4O8S2.Na.H/c21-12-7-17-1-3-19(4-2-17)15-16(30(26,27)28)20(11-14-29(23,24)25)9-5-18(6-10-20)8-13-22;;/h16,21-22H,1-15H2,(H-,23,24,25,26,27,28);;/p+1. The van der Waals surface area contributed by atoms with E-state index < -0.39 is 31.4 Å². The van der Waals surface area contributed by atoms with E-state index in [4.69, 9.17) is 10.2 Å². The molecule has 0 aromatic carbocycles. The van der Waals surface area contributed by atoms with Crippen molar-refractivity contribution in [3.05, 3.63) is 0 Å². The van der Waals surface area contributed by atoms with Crippen molar-refractivity contribution < 1.29 is 40.6 Å². The van der Waals surface area contributed by atoms with Crippen LogP contribution in [0.5, 0.6) is 0 Å². The second-order valence-electron chi connectivity index (χ2n) is 8.08. The zero-order valence-corrected chi connectivity index (χ0v) is 18.8. The molecule has 0 aliphatic carbocycles. The number of nitrogens with zero attached hydrogens (tertiary/aromatic N) is 4. The maximum absolute atomic E-state index is 12.4. The summed E-state index contributed by atoms with van der Waals surface area (Å²) < 4.78 is 66.8. The third-order valence-corrected chi connectivity index (χ3v) is 8.17. The van der Waals surface area contributed by atoms with Crippen LogP contribution in [0.15, 0.2) is 0 Å². The van der Waals surface area contributed by atoms with Crippen molar-refractivity contribution in [1.82, 2.24) is 14.7 Å². The second-order valence-corrected chi connectivity index (χ2v) is 11.2. The van der Waals surface area contributed by atoms with E-state index in [1.54, 1.807) is 0 Å². The molecule has 1 atom stereocenters. The summed E-state index contributed by atoms with van der Waals surface area (Å²) in [7, 11) is -8.81. The summed E-state index contributed by atoms with van der Waals surface area (Å²) in [4.78, 5) is 5.95. The number of aliphatic hydroxyl groups is 2. The first-order chi connectivity index (χ1) is 14.0. The summed E-state index contributed by atoms with van der Waals surface area (Å²) in [5.74, 6) is -0.594. The molecule has 15 heteroatoms. The molecule has 2 fully saturated rings. The summed E-state index contributed by atoms with van der Waals surface area (Å²) in [6.07, 6.45) is 0. The number of rotatable bonds is 11. The van der Waals surface area contributed by atoms with E-state index in [9.17, 15) is 25.9 Å². The van der Waals surface area contributed by atoms with E-state index in [1.165, 1.54) is 0 Å². The number of piperazine rings is 2. The predicted molar refractivity (Wildman–Crippen MR) is 117 cm³/mol. The SMILES string of the molecule is O=S(=O)(O)CC[N+]1(C(CN2CCN(CCO)CC2)S(=O)(=O)O)CCN(CCO)CC1.[NaH]. The van der Waals surface area contributed by atoms with Crippen LogP contribution >= 0.6 is 0 Å². The van der Waals surface area contributed by atoms with Crippen LogP contribution in [0.25, 0.3) is 0 Å². The molecule has 12 nitrogen and oxygen atoms in total. The molecule has 2 rings (SSSR count). The van der Waals surface area contributed by atoms with Gasteiger partial charge in [-0.3, -0.25) is 23.8 Å². The number of β-amino-alcohol motifs (C(OH)–C–C–N with tert-alkyl or cyclic N) is 2.